The molecule has 1 aliphatic carbocycles. The maximum absolute atomic E-state index is 12.3. The van der Waals surface area contributed by atoms with E-state index in [1.54, 1.807) is 0 Å². The Morgan fingerprint density at radius 3 is 2.18 bits per heavy atom. The van der Waals surface area contributed by atoms with Crippen LogP contribution in [0.15, 0.2) is 0 Å². The zero-order chi connectivity index (χ0) is 25.0. The first-order valence-electron chi connectivity index (χ1n) is 11.6. The highest BCUT2D eigenvalue weighted by molar-refractivity contribution is 6.74. The van der Waals surface area contributed by atoms with Crippen molar-refractivity contribution >= 4 is 14.3 Å². The van der Waals surface area contributed by atoms with E-state index < -0.39 is 62.0 Å². The molecule has 192 valence electrons. The van der Waals surface area contributed by atoms with E-state index in [9.17, 15) is 4.79 Å². The number of hydrogen-bond acceptors (Lipinski definition) is 9. The molecule has 2 heterocycles. The summed E-state index contributed by atoms with van der Waals surface area (Å²) in [5.41, 5.74) is -1.09. The van der Waals surface area contributed by atoms with E-state index in [0.29, 0.717) is 0 Å². The highest BCUT2D eigenvalue weighted by Gasteiger charge is 2.72. The molecule has 6 atom stereocenters. The van der Waals surface area contributed by atoms with Gasteiger partial charge < -0.3 is 37.6 Å². The van der Waals surface area contributed by atoms with Crippen molar-refractivity contribution < 1.29 is 42.4 Å². The van der Waals surface area contributed by atoms with Crippen LogP contribution in [-0.4, -0.2) is 82.5 Å². The van der Waals surface area contributed by atoms with Crippen molar-refractivity contribution in [3.63, 3.8) is 0 Å². The third-order valence-corrected chi connectivity index (χ3v) is 11.5. The molecule has 0 radical (unpaired) electrons. The molecule has 2 aliphatic heterocycles. The smallest absolute Gasteiger partial charge is 0.303 e. The number of ether oxygens (including phenoxy) is 7. The van der Waals surface area contributed by atoms with Gasteiger partial charge in [0.25, 0.3) is 0 Å². The summed E-state index contributed by atoms with van der Waals surface area (Å²) < 4.78 is 49.5. The molecule has 3 aliphatic rings. The van der Waals surface area contributed by atoms with Crippen LogP contribution in [0.1, 0.15) is 55.4 Å². The average Bonchev–Trinajstić information content (AvgIpc) is 3.14. The summed E-state index contributed by atoms with van der Waals surface area (Å²) >= 11 is 0. The molecule has 1 saturated carbocycles. The standard InChI is InChI=1S/C23H42O9Si/c1-14(24)28-16-15(31-33(10,11)20(2,3)4)17-19(30-22(7,8)29-17)23(18(16)26-13-25-9)12-27-21(5,6)32-23/h15-19H,12-13H2,1-11H3/t15-,16-,17-,18+,19-,23-/m0/s1. The van der Waals surface area contributed by atoms with Crippen LogP contribution in [0.5, 0.6) is 0 Å². The van der Waals surface area contributed by atoms with Gasteiger partial charge in [0.1, 0.15) is 31.2 Å². The molecule has 9 nitrogen and oxygen atoms in total. The lowest BCUT2D eigenvalue weighted by Crippen LogP contribution is -2.74. The zero-order valence-electron chi connectivity index (χ0n) is 22.0. The van der Waals surface area contributed by atoms with Crippen LogP contribution in [0, 0.1) is 0 Å². The van der Waals surface area contributed by atoms with Crippen molar-refractivity contribution in [2.45, 2.75) is 121 Å². The summed E-state index contributed by atoms with van der Waals surface area (Å²) in [7, 11) is -0.779. The summed E-state index contributed by atoms with van der Waals surface area (Å²) in [5, 5.41) is -0.0781. The fourth-order valence-corrected chi connectivity index (χ4v) is 5.94. The number of methoxy groups -OCH3 is 1. The molecule has 3 rings (SSSR count). The molecule has 0 bridgehead atoms. The Bertz CT molecular complexity index is 732. The second kappa shape index (κ2) is 8.81. The number of rotatable bonds is 6. The molecule has 0 unspecified atom stereocenters. The van der Waals surface area contributed by atoms with Gasteiger partial charge in [-0.1, -0.05) is 20.8 Å². The maximum atomic E-state index is 12.3. The highest BCUT2D eigenvalue weighted by atomic mass is 28.4. The number of hydrogen-bond donors (Lipinski definition) is 0. The van der Waals surface area contributed by atoms with Crippen LogP contribution >= 0.6 is 0 Å². The minimum atomic E-state index is -2.32. The topological polar surface area (TPSA) is 90.9 Å². The van der Waals surface area contributed by atoms with E-state index in [2.05, 4.69) is 33.9 Å². The maximum Gasteiger partial charge on any atom is 0.303 e. The predicted octanol–water partition coefficient (Wildman–Crippen LogP) is 3.35. The number of carbonyl (C=O) groups is 1. The molecule has 0 aromatic carbocycles. The predicted molar refractivity (Wildman–Crippen MR) is 122 cm³/mol. The van der Waals surface area contributed by atoms with Crippen LogP contribution < -0.4 is 0 Å². The summed E-state index contributed by atoms with van der Waals surface area (Å²) in [6.45, 7) is 19.7. The van der Waals surface area contributed by atoms with Gasteiger partial charge in [-0.15, -0.1) is 0 Å². The molecule has 0 aromatic heterocycles. The number of esters is 1. The quantitative estimate of drug-likeness (QED) is 0.316. The van der Waals surface area contributed by atoms with Crippen LogP contribution in [0.3, 0.4) is 0 Å². The van der Waals surface area contributed by atoms with Gasteiger partial charge in [0.05, 0.1) is 6.61 Å². The summed E-state index contributed by atoms with van der Waals surface area (Å²) in [5.74, 6) is -2.23. The number of carbonyl (C=O) groups excluding carboxylic acids is 1. The fourth-order valence-electron chi connectivity index (χ4n) is 4.64. The minimum Gasteiger partial charge on any atom is -0.457 e. The van der Waals surface area contributed by atoms with E-state index in [1.807, 2.05) is 27.7 Å². The monoisotopic (exact) mass is 490 g/mol. The molecule has 10 heteroatoms. The van der Waals surface area contributed by atoms with E-state index in [4.69, 9.17) is 37.6 Å². The van der Waals surface area contributed by atoms with Gasteiger partial charge in [-0.2, -0.15) is 0 Å². The van der Waals surface area contributed by atoms with Gasteiger partial charge >= 0.3 is 5.97 Å². The van der Waals surface area contributed by atoms with E-state index in [-0.39, 0.29) is 18.4 Å². The van der Waals surface area contributed by atoms with Crippen molar-refractivity contribution in [1.82, 2.24) is 0 Å². The van der Waals surface area contributed by atoms with Gasteiger partial charge in [0, 0.05) is 14.0 Å². The Morgan fingerprint density at radius 1 is 1.06 bits per heavy atom. The molecule has 1 spiro atoms. The van der Waals surface area contributed by atoms with Crippen LogP contribution in [0.4, 0.5) is 0 Å². The third kappa shape index (κ3) is 5.18. The van der Waals surface area contributed by atoms with Gasteiger partial charge in [-0.05, 0) is 45.8 Å². The van der Waals surface area contributed by atoms with Crippen molar-refractivity contribution in [1.29, 1.82) is 0 Å². The minimum absolute atomic E-state index is 0.0254. The molecule has 0 aromatic rings. The fraction of sp³-hybridized carbons (Fsp3) is 0.957. The SMILES string of the molecule is COCO[C@@H]1[C@@H](OC(C)=O)[C@H](O[Si](C)(C)C(C)(C)C)[C@@H]2OC(C)(C)O[C@@H]2[C@]12COC(C)(C)O2. The van der Waals surface area contributed by atoms with Crippen molar-refractivity contribution in [2.24, 2.45) is 0 Å². The first kappa shape index (κ1) is 27.0. The number of fused-ring (bicyclic) bond motifs is 2. The van der Waals surface area contributed by atoms with Crippen LogP contribution in [-0.2, 0) is 42.4 Å². The first-order valence-corrected chi connectivity index (χ1v) is 14.5. The molecule has 0 amide bonds. The van der Waals surface area contributed by atoms with Crippen molar-refractivity contribution in [3.05, 3.63) is 0 Å². The van der Waals surface area contributed by atoms with E-state index in [1.165, 1.54) is 14.0 Å². The molecular weight excluding hydrogens is 448 g/mol. The summed E-state index contributed by atoms with van der Waals surface area (Å²) in [6.07, 6.45) is -3.34. The Hall–Kier alpha value is -0.593. The summed E-state index contributed by atoms with van der Waals surface area (Å²) in [6, 6.07) is 0. The van der Waals surface area contributed by atoms with E-state index in [0.717, 1.165) is 0 Å². The van der Waals surface area contributed by atoms with Crippen LogP contribution in [0.25, 0.3) is 0 Å². The Labute approximate surface area is 198 Å². The normalized spacial score (nSPS) is 37.8. The average molecular weight is 491 g/mol. The molecular formula is C23H42O9Si. The third-order valence-electron chi connectivity index (χ3n) is 7.02. The Morgan fingerprint density at radius 2 is 1.70 bits per heavy atom. The molecule has 2 saturated heterocycles. The lowest BCUT2D eigenvalue weighted by molar-refractivity contribution is -0.289. The lowest BCUT2D eigenvalue weighted by atomic mass is 9.75. The Kier molecular flexibility index (Phi) is 7.21. The second-order valence-corrected chi connectivity index (χ2v) is 16.4. The largest absolute Gasteiger partial charge is 0.457 e. The van der Waals surface area contributed by atoms with Gasteiger partial charge in [0.2, 0.25) is 0 Å². The lowest BCUT2D eigenvalue weighted by Gasteiger charge is -2.53. The van der Waals surface area contributed by atoms with Gasteiger partial charge in [-0.3, -0.25) is 4.79 Å². The molecule has 0 N–H and O–H groups in total. The van der Waals surface area contributed by atoms with Gasteiger partial charge in [-0.25, -0.2) is 0 Å². The first-order chi connectivity index (χ1) is 14.9. The van der Waals surface area contributed by atoms with E-state index >= 15 is 0 Å². The second-order valence-electron chi connectivity index (χ2n) is 11.7. The molecule has 33 heavy (non-hydrogen) atoms. The zero-order valence-corrected chi connectivity index (χ0v) is 23.0. The van der Waals surface area contributed by atoms with Crippen molar-refractivity contribution in [3.8, 4) is 0 Å². The Balaban J connectivity index is 2.14. The van der Waals surface area contributed by atoms with Crippen molar-refractivity contribution in [2.75, 3.05) is 20.5 Å². The molecule has 3 fully saturated rings. The highest BCUT2D eigenvalue weighted by Crippen LogP contribution is 2.52. The summed E-state index contributed by atoms with van der Waals surface area (Å²) in [4.78, 5) is 12.3. The van der Waals surface area contributed by atoms with Crippen LogP contribution in [0.2, 0.25) is 18.1 Å². The van der Waals surface area contributed by atoms with Gasteiger partial charge in [0.15, 0.2) is 31.6 Å².